The molecule has 1 aromatic rings. The molecule has 0 aliphatic carbocycles. The van der Waals surface area contributed by atoms with Gasteiger partial charge in [0.1, 0.15) is 11.9 Å². The lowest BCUT2D eigenvalue weighted by atomic mass is 10.2. The second-order valence-corrected chi connectivity index (χ2v) is 3.38. The first-order chi connectivity index (χ1) is 7.20. The molecule has 1 heterocycles. The van der Waals surface area contributed by atoms with Gasteiger partial charge in [-0.15, -0.1) is 0 Å². The molecule has 0 aliphatic heterocycles. The van der Waals surface area contributed by atoms with Crippen LogP contribution in [0.15, 0.2) is 24.4 Å². The molecule has 0 aromatic carbocycles. The van der Waals surface area contributed by atoms with E-state index in [-0.39, 0.29) is 5.75 Å². The van der Waals surface area contributed by atoms with Crippen molar-refractivity contribution in [3.8, 4) is 0 Å². The standard InChI is InChI=1S/C10H14N2O2S/c1-2-12(8(7-15)10(13)14)9-5-3-4-6-11-9/h3-6,8,15H,2,7H2,1H3,(H,13,14)/t8-/m1/s1. The van der Waals surface area contributed by atoms with Crippen molar-refractivity contribution < 1.29 is 9.90 Å². The molecular weight excluding hydrogens is 212 g/mol. The number of carboxylic acid groups (broad SMARTS) is 1. The number of carboxylic acids is 1. The molecular formula is C10H14N2O2S. The Bertz CT molecular complexity index is 318. The maximum Gasteiger partial charge on any atom is 0.327 e. The molecule has 1 atom stereocenters. The first kappa shape index (κ1) is 11.8. The van der Waals surface area contributed by atoms with Crippen molar-refractivity contribution in [2.45, 2.75) is 13.0 Å². The van der Waals surface area contributed by atoms with Gasteiger partial charge in [0.2, 0.25) is 0 Å². The lowest BCUT2D eigenvalue weighted by Gasteiger charge is -2.27. The summed E-state index contributed by atoms with van der Waals surface area (Å²) in [6.07, 6.45) is 1.65. The van der Waals surface area contributed by atoms with E-state index in [2.05, 4.69) is 17.6 Å². The van der Waals surface area contributed by atoms with Gasteiger partial charge in [0.25, 0.3) is 0 Å². The zero-order valence-corrected chi connectivity index (χ0v) is 9.39. The Hall–Kier alpha value is -1.23. The largest absolute Gasteiger partial charge is 0.480 e. The molecule has 0 amide bonds. The SMILES string of the molecule is CCN(c1ccccn1)[C@H](CS)C(=O)O. The molecule has 0 radical (unpaired) electrons. The molecule has 0 saturated heterocycles. The number of thiol groups is 1. The van der Waals surface area contributed by atoms with E-state index >= 15 is 0 Å². The van der Waals surface area contributed by atoms with Crippen LogP contribution in [0.2, 0.25) is 0 Å². The summed E-state index contributed by atoms with van der Waals surface area (Å²) in [5.41, 5.74) is 0. The van der Waals surface area contributed by atoms with E-state index in [0.29, 0.717) is 12.4 Å². The number of hydrogen-bond donors (Lipinski definition) is 2. The van der Waals surface area contributed by atoms with E-state index < -0.39 is 12.0 Å². The summed E-state index contributed by atoms with van der Waals surface area (Å²) in [7, 11) is 0. The van der Waals surface area contributed by atoms with Gasteiger partial charge in [-0.05, 0) is 19.1 Å². The fourth-order valence-corrected chi connectivity index (χ4v) is 1.73. The molecule has 1 N–H and O–H groups in total. The van der Waals surface area contributed by atoms with E-state index in [1.807, 2.05) is 13.0 Å². The van der Waals surface area contributed by atoms with Gasteiger partial charge in [-0.2, -0.15) is 12.6 Å². The molecule has 4 nitrogen and oxygen atoms in total. The number of aliphatic carboxylic acids is 1. The predicted octanol–water partition coefficient (Wildman–Crippen LogP) is 1.29. The third kappa shape index (κ3) is 2.86. The van der Waals surface area contributed by atoms with Crippen LogP contribution >= 0.6 is 12.6 Å². The lowest BCUT2D eigenvalue weighted by Crippen LogP contribution is -2.43. The highest BCUT2D eigenvalue weighted by molar-refractivity contribution is 7.80. The van der Waals surface area contributed by atoms with E-state index in [1.54, 1.807) is 23.2 Å². The fraction of sp³-hybridized carbons (Fsp3) is 0.400. The molecule has 0 bridgehead atoms. The number of nitrogens with zero attached hydrogens (tertiary/aromatic N) is 2. The maximum atomic E-state index is 11.0. The Balaban J connectivity index is 2.92. The monoisotopic (exact) mass is 226 g/mol. The van der Waals surface area contributed by atoms with Gasteiger partial charge in [-0.25, -0.2) is 9.78 Å². The number of aromatic nitrogens is 1. The Morgan fingerprint density at radius 1 is 1.67 bits per heavy atom. The Morgan fingerprint density at radius 3 is 2.80 bits per heavy atom. The van der Waals surface area contributed by atoms with Crippen molar-refractivity contribution in [2.24, 2.45) is 0 Å². The van der Waals surface area contributed by atoms with Crippen molar-refractivity contribution in [2.75, 3.05) is 17.2 Å². The van der Waals surface area contributed by atoms with Gasteiger partial charge in [-0.3, -0.25) is 0 Å². The molecule has 0 fully saturated rings. The van der Waals surface area contributed by atoms with Gasteiger partial charge in [-0.1, -0.05) is 6.07 Å². The minimum atomic E-state index is -0.877. The van der Waals surface area contributed by atoms with Crippen LogP contribution in [0, 0.1) is 0 Å². The van der Waals surface area contributed by atoms with Gasteiger partial charge >= 0.3 is 5.97 Å². The number of pyridine rings is 1. The topological polar surface area (TPSA) is 53.4 Å². The maximum absolute atomic E-state index is 11.0. The fourth-order valence-electron chi connectivity index (χ4n) is 1.38. The van der Waals surface area contributed by atoms with Crippen LogP contribution in [0.3, 0.4) is 0 Å². The zero-order valence-electron chi connectivity index (χ0n) is 8.50. The van der Waals surface area contributed by atoms with E-state index in [1.165, 1.54) is 0 Å². The summed E-state index contributed by atoms with van der Waals surface area (Å²) >= 11 is 4.05. The smallest absolute Gasteiger partial charge is 0.327 e. The van der Waals surface area contributed by atoms with Crippen LogP contribution in [0.1, 0.15) is 6.92 Å². The molecule has 0 spiro atoms. The van der Waals surface area contributed by atoms with Crippen molar-refractivity contribution >= 4 is 24.4 Å². The number of rotatable bonds is 5. The van der Waals surface area contributed by atoms with E-state index in [4.69, 9.17) is 5.11 Å². The predicted molar refractivity (Wildman–Crippen MR) is 62.5 cm³/mol. The third-order valence-electron chi connectivity index (χ3n) is 2.12. The van der Waals surface area contributed by atoms with Crippen LogP contribution in [0.4, 0.5) is 5.82 Å². The first-order valence-corrected chi connectivity index (χ1v) is 5.35. The third-order valence-corrected chi connectivity index (χ3v) is 2.46. The molecule has 1 aromatic heterocycles. The van der Waals surface area contributed by atoms with Gasteiger partial charge in [0.05, 0.1) is 0 Å². The second kappa shape index (κ2) is 5.60. The van der Waals surface area contributed by atoms with Crippen LogP contribution in [-0.4, -0.2) is 34.4 Å². The molecule has 82 valence electrons. The van der Waals surface area contributed by atoms with Crippen LogP contribution in [-0.2, 0) is 4.79 Å². The summed E-state index contributed by atoms with van der Waals surface area (Å²) < 4.78 is 0. The van der Waals surface area contributed by atoms with Crippen LogP contribution in [0.25, 0.3) is 0 Å². The summed E-state index contributed by atoms with van der Waals surface area (Å²) in [5, 5.41) is 9.02. The van der Waals surface area contributed by atoms with Crippen molar-refractivity contribution in [3.63, 3.8) is 0 Å². The molecule has 1 rings (SSSR count). The van der Waals surface area contributed by atoms with Crippen LogP contribution < -0.4 is 4.90 Å². The van der Waals surface area contributed by atoms with Gasteiger partial charge in [0.15, 0.2) is 0 Å². The highest BCUT2D eigenvalue weighted by Crippen LogP contribution is 2.13. The highest BCUT2D eigenvalue weighted by Gasteiger charge is 2.23. The Labute approximate surface area is 94.3 Å². The zero-order chi connectivity index (χ0) is 11.3. The Kier molecular flexibility index (Phi) is 4.42. The molecule has 0 unspecified atom stereocenters. The summed E-state index contributed by atoms with van der Waals surface area (Å²) in [5.74, 6) is 0.0543. The van der Waals surface area contributed by atoms with Crippen LogP contribution in [0.5, 0.6) is 0 Å². The van der Waals surface area contributed by atoms with Gasteiger partial charge < -0.3 is 10.0 Å². The average molecular weight is 226 g/mol. The number of anilines is 1. The second-order valence-electron chi connectivity index (χ2n) is 3.01. The molecule has 15 heavy (non-hydrogen) atoms. The minimum absolute atomic E-state index is 0.264. The van der Waals surface area contributed by atoms with Crippen molar-refractivity contribution in [1.82, 2.24) is 4.98 Å². The van der Waals surface area contributed by atoms with Gasteiger partial charge in [0, 0.05) is 18.5 Å². The van der Waals surface area contributed by atoms with E-state index in [9.17, 15) is 4.79 Å². The minimum Gasteiger partial charge on any atom is -0.480 e. The number of carbonyl (C=O) groups is 1. The summed E-state index contributed by atoms with van der Waals surface area (Å²) in [6.45, 7) is 2.49. The highest BCUT2D eigenvalue weighted by atomic mass is 32.1. The summed E-state index contributed by atoms with van der Waals surface area (Å²) in [6, 6.07) is 4.80. The van der Waals surface area contributed by atoms with Crippen molar-refractivity contribution in [3.05, 3.63) is 24.4 Å². The molecule has 5 heteroatoms. The van der Waals surface area contributed by atoms with E-state index in [0.717, 1.165) is 0 Å². The first-order valence-electron chi connectivity index (χ1n) is 4.72. The quantitative estimate of drug-likeness (QED) is 0.743. The average Bonchev–Trinajstić information content (AvgIpc) is 2.26. The number of hydrogen-bond acceptors (Lipinski definition) is 4. The number of likely N-dealkylation sites (N-methyl/N-ethyl adjacent to an activating group) is 1. The Morgan fingerprint density at radius 2 is 2.40 bits per heavy atom. The normalized spacial score (nSPS) is 12.1. The lowest BCUT2D eigenvalue weighted by molar-refractivity contribution is -0.138. The molecule has 0 saturated carbocycles. The summed E-state index contributed by atoms with van der Waals surface area (Å²) in [4.78, 5) is 16.8. The molecule has 0 aliphatic rings. The van der Waals surface area contributed by atoms with Crippen molar-refractivity contribution in [1.29, 1.82) is 0 Å².